The van der Waals surface area contributed by atoms with Crippen LogP contribution in [-0.2, 0) is 0 Å². The summed E-state index contributed by atoms with van der Waals surface area (Å²) in [6, 6.07) is 2.65. The van der Waals surface area contributed by atoms with Gasteiger partial charge in [0.25, 0.3) is 0 Å². The minimum atomic E-state index is 0.545. The third-order valence-corrected chi connectivity index (χ3v) is 2.48. The highest BCUT2D eigenvalue weighted by atomic mass is 14.9. The summed E-state index contributed by atoms with van der Waals surface area (Å²) >= 11 is 0. The molecule has 0 aliphatic carbocycles. The van der Waals surface area contributed by atoms with Crippen LogP contribution in [0.4, 0.5) is 11.4 Å². The van der Waals surface area contributed by atoms with Crippen molar-refractivity contribution in [2.24, 2.45) is 0 Å². The first-order valence-corrected chi connectivity index (χ1v) is 5.75. The summed E-state index contributed by atoms with van der Waals surface area (Å²) in [5, 5.41) is 6.73. The molecule has 1 heterocycles. The van der Waals surface area contributed by atoms with Gasteiger partial charge in [-0.25, -0.2) is 0 Å². The molecule has 0 amide bonds. The third-order valence-electron chi connectivity index (χ3n) is 2.48. The maximum absolute atomic E-state index is 4.20. The molecule has 1 aromatic heterocycles. The van der Waals surface area contributed by atoms with Crippen LogP contribution in [0.3, 0.4) is 0 Å². The molecule has 0 spiro atoms. The van der Waals surface area contributed by atoms with Crippen molar-refractivity contribution in [3.8, 4) is 0 Å². The largest absolute Gasteiger partial charge is 0.384 e. The fourth-order valence-corrected chi connectivity index (χ4v) is 1.55. The highest BCUT2D eigenvalue weighted by Gasteiger charge is 2.03. The molecule has 0 aliphatic heterocycles. The van der Waals surface area contributed by atoms with Crippen LogP contribution in [0, 0.1) is 0 Å². The summed E-state index contributed by atoms with van der Waals surface area (Å²) in [6.07, 6.45) is 6.00. The van der Waals surface area contributed by atoms with Gasteiger partial charge in [-0.1, -0.05) is 13.8 Å². The normalized spacial score (nSPS) is 10.4. The number of nitrogens with zero attached hydrogens (tertiary/aromatic N) is 1. The SMILES string of the molecule is CCNc1cncc(NC(CC)CC)c1. The Morgan fingerprint density at radius 1 is 1.13 bits per heavy atom. The van der Waals surface area contributed by atoms with Gasteiger partial charge in [0, 0.05) is 12.6 Å². The molecule has 0 saturated heterocycles. The van der Waals surface area contributed by atoms with E-state index in [4.69, 9.17) is 0 Å². The quantitative estimate of drug-likeness (QED) is 0.752. The van der Waals surface area contributed by atoms with Crippen LogP contribution >= 0.6 is 0 Å². The molecule has 3 heteroatoms. The molecule has 1 rings (SSSR count). The van der Waals surface area contributed by atoms with Gasteiger partial charge in [0.2, 0.25) is 0 Å². The lowest BCUT2D eigenvalue weighted by molar-refractivity contribution is 0.671. The van der Waals surface area contributed by atoms with Crippen LogP contribution in [-0.4, -0.2) is 17.6 Å². The molecule has 0 aliphatic rings. The summed E-state index contributed by atoms with van der Waals surface area (Å²) in [7, 11) is 0. The van der Waals surface area contributed by atoms with Gasteiger partial charge in [0.15, 0.2) is 0 Å². The molecule has 0 radical (unpaired) electrons. The van der Waals surface area contributed by atoms with Gasteiger partial charge in [-0.3, -0.25) is 4.98 Å². The molecule has 1 aromatic rings. The van der Waals surface area contributed by atoms with E-state index in [9.17, 15) is 0 Å². The maximum atomic E-state index is 4.20. The smallest absolute Gasteiger partial charge is 0.0549 e. The van der Waals surface area contributed by atoms with Crippen LogP contribution in [0.15, 0.2) is 18.5 Å². The molecule has 0 saturated carbocycles. The van der Waals surface area contributed by atoms with E-state index in [1.54, 1.807) is 0 Å². The molecule has 0 aromatic carbocycles. The van der Waals surface area contributed by atoms with Gasteiger partial charge in [-0.05, 0) is 25.8 Å². The van der Waals surface area contributed by atoms with Crippen LogP contribution < -0.4 is 10.6 Å². The van der Waals surface area contributed by atoms with Gasteiger partial charge in [-0.2, -0.15) is 0 Å². The van der Waals surface area contributed by atoms with E-state index in [0.29, 0.717) is 6.04 Å². The first kappa shape index (κ1) is 11.8. The Morgan fingerprint density at radius 2 is 1.80 bits per heavy atom. The van der Waals surface area contributed by atoms with E-state index in [0.717, 1.165) is 30.8 Å². The monoisotopic (exact) mass is 207 g/mol. The van der Waals surface area contributed by atoms with E-state index >= 15 is 0 Å². The molecular weight excluding hydrogens is 186 g/mol. The lowest BCUT2D eigenvalue weighted by Crippen LogP contribution is -2.17. The van der Waals surface area contributed by atoms with Gasteiger partial charge in [0.05, 0.1) is 23.8 Å². The zero-order valence-electron chi connectivity index (χ0n) is 9.88. The van der Waals surface area contributed by atoms with Crippen molar-refractivity contribution >= 4 is 11.4 Å². The number of hydrogen-bond acceptors (Lipinski definition) is 3. The zero-order valence-corrected chi connectivity index (χ0v) is 9.88. The van der Waals surface area contributed by atoms with Gasteiger partial charge < -0.3 is 10.6 Å². The molecule has 15 heavy (non-hydrogen) atoms. The van der Waals surface area contributed by atoms with Gasteiger partial charge >= 0.3 is 0 Å². The van der Waals surface area contributed by atoms with Crippen molar-refractivity contribution in [1.29, 1.82) is 0 Å². The van der Waals surface area contributed by atoms with Gasteiger partial charge in [-0.15, -0.1) is 0 Å². The zero-order chi connectivity index (χ0) is 11.1. The Labute approximate surface area is 92.3 Å². The molecule has 0 bridgehead atoms. The fraction of sp³-hybridized carbons (Fsp3) is 0.583. The van der Waals surface area contributed by atoms with Crippen molar-refractivity contribution in [2.75, 3.05) is 17.2 Å². The molecule has 0 unspecified atom stereocenters. The number of hydrogen-bond donors (Lipinski definition) is 2. The minimum absolute atomic E-state index is 0.545. The molecular formula is C12H21N3. The van der Waals surface area contributed by atoms with E-state index in [2.05, 4.69) is 42.5 Å². The summed E-state index contributed by atoms with van der Waals surface area (Å²) in [6.45, 7) is 7.41. The number of anilines is 2. The molecule has 0 fully saturated rings. The Morgan fingerprint density at radius 3 is 2.40 bits per heavy atom. The summed E-state index contributed by atoms with van der Waals surface area (Å²) < 4.78 is 0. The van der Waals surface area contributed by atoms with Crippen molar-refractivity contribution < 1.29 is 0 Å². The summed E-state index contributed by atoms with van der Waals surface area (Å²) in [5.41, 5.74) is 2.18. The number of nitrogens with one attached hydrogen (secondary N) is 2. The topological polar surface area (TPSA) is 37.0 Å². The molecule has 0 atom stereocenters. The predicted octanol–water partition coefficient (Wildman–Crippen LogP) is 3.11. The second kappa shape index (κ2) is 6.27. The Balaban J connectivity index is 2.64. The maximum Gasteiger partial charge on any atom is 0.0549 e. The average Bonchev–Trinajstić information content (AvgIpc) is 2.27. The van der Waals surface area contributed by atoms with Gasteiger partial charge in [0.1, 0.15) is 0 Å². The Kier molecular flexibility index (Phi) is 4.95. The number of rotatable bonds is 6. The van der Waals surface area contributed by atoms with Crippen molar-refractivity contribution in [1.82, 2.24) is 4.98 Å². The van der Waals surface area contributed by atoms with E-state index in [1.807, 2.05) is 12.4 Å². The van der Waals surface area contributed by atoms with E-state index in [-0.39, 0.29) is 0 Å². The lowest BCUT2D eigenvalue weighted by Gasteiger charge is -2.16. The van der Waals surface area contributed by atoms with E-state index < -0.39 is 0 Å². The van der Waals surface area contributed by atoms with Crippen LogP contribution in [0.5, 0.6) is 0 Å². The van der Waals surface area contributed by atoms with Crippen LogP contribution in [0.1, 0.15) is 33.6 Å². The summed E-state index contributed by atoms with van der Waals surface area (Å²) in [5.74, 6) is 0. The van der Waals surface area contributed by atoms with Crippen LogP contribution in [0.2, 0.25) is 0 Å². The molecule has 2 N–H and O–H groups in total. The second-order valence-electron chi connectivity index (χ2n) is 3.65. The summed E-state index contributed by atoms with van der Waals surface area (Å²) in [4.78, 5) is 4.20. The molecule has 3 nitrogen and oxygen atoms in total. The minimum Gasteiger partial charge on any atom is -0.384 e. The fourth-order valence-electron chi connectivity index (χ4n) is 1.55. The average molecular weight is 207 g/mol. The first-order chi connectivity index (χ1) is 7.30. The predicted molar refractivity (Wildman–Crippen MR) is 66.4 cm³/mol. The second-order valence-corrected chi connectivity index (χ2v) is 3.65. The molecule has 84 valence electrons. The Bertz CT molecular complexity index is 282. The van der Waals surface area contributed by atoms with Crippen molar-refractivity contribution in [3.05, 3.63) is 18.5 Å². The standard InChI is InChI=1S/C12H21N3/c1-4-10(5-2)15-12-7-11(14-6-3)8-13-9-12/h7-10,14-15H,4-6H2,1-3H3. The number of pyridine rings is 1. The highest BCUT2D eigenvalue weighted by Crippen LogP contribution is 2.15. The van der Waals surface area contributed by atoms with Crippen molar-refractivity contribution in [3.63, 3.8) is 0 Å². The van der Waals surface area contributed by atoms with Crippen LogP contribution in [0.25, 0.3) is 0 Å². The Hall–Kier alpha value is -1.25. The highest BCUT2D eigenvalue weighted by molar-refractivity contribution is 5.54. The first-order valence-electron chi connectivity index (χ1n) is 5.75. The third kappa shape index (κ3) is 3.78. The van der Waals surface area contributed by atoms with Crippen molar-refractivity contribution in [2.45, 2.75) is 39.7 Å². The number of aromatic nitrogens is 1. The van der Waals surface area contributed by atoms with E-state index in [1.165, 1.54) is 0 Å². The lowest BCUT2D eigenvalue weighted by atomic mass is 10.1.